The second-order valence-corrected chi connectivity index (χ2v) is 5.40. The molecule has 6 nitrogen and oxygen atoms in total. The molecule has 0 atom stereocenters. The minimum atomic E-state index is -4.57. The van der Waals surface area contributed by atoms with Crippen LogP contribution in [0.15, 0.2) is 66.3 Å². The van der Waals surface area contributed by atoms with E-state index in [1.54, 1.807) is 12.1 Å². The van der Waals surface area contributed by atoms with E-state index in [9.17, 15) is 28.1 Å². The van der Waals surface area contributed by atoms with Crippen LogP contribution in [-0.2, 0) is 11.0 Å². The Morgan fingerprint density at radius 2 is 1.89 bits per heavy atom. The van der Waals surface area contributed by atoms with Gasteiger partial charge in [-0.1, -0.05) is 24.3 Å². The molecular weight excluding hydrogens is 375 g/mol. The third kappa shape index (κ3) is 5.28. The number of halogens is 3. The van der Waals surface area contributed by atoms with Gasteiger partial charge in [0.25, 0.3) is 11.6 Å². The highest BCUT2D eigenvalue weighted by molar-refractivity contribution is 6.06. The van der Waals surface area contributed by atoms with Gasteiger partial charge in [-0.3, -0.25) is 14.9 Å². The molecule has 0 saturated heterocycles. The Hall–Kier alpha value is -3.93. The summed E-state index contributed by atoms with van der Waals surface area (Å²) in [5.41, 5.74) is -1.33. The fourth-order valence-corrected chi connectivity index (χ4v) is 2.18. The molecule has 0 spiro atoms. The van der Waals surface area contributed by atoms with E-state index in [0.717, 1.165) is 24.3 Å². The van der Waals surface area contributed by atoms with Crippen LogP contribution in [-0.4, -0.2) is 10.8 Å². The van der Waals surface area contributed by atoms with Crippen LogP contribution in [0.2, 0.25) is 0 Å². The number of carbonyl (C=O) groups excluding carboxylic acids is 1. The highest BCUT2D eigenvalue weighted by Crippen LogP contribution is 2.30. The third-order valence-electron chi connectivity index (χ3n) is 3.48. The Kier molecular flexibility index (Phi) is 6.29. The molecule has 9 heteroatoms. The normalized spacial score (nSPS) is 11.9. The number of alkyl halides is 3. The zero-order valence-corrected chi connectivity index (χ0v) is 14.1. The van der Waals surface area contributed by atoms with Crippen molar-refractivity contribution in [3.05, 3.63) is 87.5 Å². The first kappa shape index (κ1) is 20.4. The highest BCUT2D eigenvalue weighted by atomic mass is 19.4. The summed E-state index contributed by atoms with van der Waals surface area (Å²) in [6, 6.07) is 11.5. The molecule has 142 valence electrons. The number of anilines is 1. The summed E-state index contributed by atoms with van der Waals surface area (Å²) < 4.78 is 38.1. The summed E-state index contributed by atoms with van der Waals surface area (Å²) in [5, 5.41) is 22.3. The van der Waals surface area contributed by atoms with Gasteiger partial charge in [0.2, 0.25) is 0 Å². The van der Waals surface area contributed by atoms with Crippen LogP contribution in [0, 0.1) is 21.4 Å². The van der Waals surface area contributed by atoms with E-state index >= 15 is 0 Å². The van der Waals surface area contributed by atoms with Crippen LogP contribution >= 0.6 is 0 Å². The fourth-order valence-electron chi connectivity index (χ4n) is 2.18. The summed E-state index contributed by atoms with van der Waals surface area (Å²) in [6.45, 7) is 0. The van der Waals surface area contributed by atoms with E-state index in [-0.39, 0.29) is 22.5 Å². The number of allylic oxidation sites excluding steroid dienone is 2. The smallest absolute Gasteiger partial charge is 0.321 e. The van der Waals surface area contributed by atoms with Crippen molar-refractivity contribution in [3.8, 4) is 6.07 Å². The number of nitro groups is 1. The summed E-state index contributed by atoms with van der Waals surface area (Å²) >= 11 is 0. The number of nitrogens with zero attached hydrogens (tertiary/aromatic N) is 2. The number of hydrogen-bond acceptors (Lipinski definition) is 4. The number of carbonyl (C=O) groups is 1. The van der Waals surface area contributed by atoms with Gasteiger partial charge in [-0.05, 0) is 36.4 Å². The summed E-state index contributed by atoms with van der Waals surface area (Å²) in [4.78, 5) is 22.5. The molecule has 0 saturated carbocycles. The van der Waals surface area contributed by atoms with Crippen molar-refractivity contribution >= 4 is 23.4 Å². The minimum absolute atomic E-state index is 0.122. The van der Waals surface area contributed by atoms with Crippen molar-refractivity contribution in [2.45, 2.75) is 6.18 Å². The van der Waals surface area contributed by atoms with Crippen LogP contribution in [0.3, 0.4) is 0 Å². The van der Waals surface area contributed by atoms with E-state index in [1.807, 2.05) is 0 Å². The van der Waals surface area contributed by atoms with Crippen molar-refractivity contribution in [3.63, 3.8) is 0 Å². The largest absolute Gasteiger partial charge is 0.416 e. The molecule has 0 aliphatic heterocycles. The zero-order valence-electron chi connectivity index (χ0n) is 14.1. The topological polar surface area (TPSA) is 96.0 Å². The molecule has 0 aliphatic rings. The van der Waals surface area contributed by atoms with Gasteiger partial charge in [-0.25, -0.2) is 0 Å². The first-order valence-corrected chi connectivity index (χ1v) is 7.73. The van der Waals surface area contributed by atoms with E-state index in [0.29, 0.717) is 0 Å². The number of nitriles is 1. The maximum atomic E-state index is 12.7. The summed E-state index contributed by atoms with van der Waals surface area (Å²) in [6.07, 6.45) is -0.846. The maximum absolute atomic E-state index is 12.7. The maximum Gasteiger partial charge on any atom is 0.416 e. The number of amides is 1. The van der Waals surface area contributed by atoms with Crippen molar-refractivity contribution in [1.29, 1.82) is 5.26 Å². The number of nitro benzene ring substituents is 1. The first-order valence-electron chi connectivity index (χ1n) is 7.73. The molecule has 0 unspecified atom stereocenters. The van der Waals surface area contributed by atoms with Crippen molar-refractivity contribution in [1.82, 2.24) is 0 Å². The number of hydrogen-bond donors (Lipinski definition) is 1. The Labute approximate surface area is 157 Å². The average Bonchev–Trinajstić information content (AvgIpc) is 2.65. The molecule has 0 aromatic heterocycles. The molecular formula is C19H12F3N3O3. The van der Waals surface area contributed by atoms with Gasteiger partial charge in [0.15, 0.2) is 0 Å². The van der Waals surface area contributed by atoms with E-state index in [4.69, 9.17) is 5.26 Å². The first-order chi connectivity index (χ1) is 13.2. The summed E-state index contributed by atoms with van der Waals surface area (Å²) in [5.74, 6) is -0.908. The lowest BCUT2D eigenvalue weighted by Crippen LogP contribution is -2.14. The van der Waals surface area contributed by atoms with E-state index < -0.39 is 22.6 Å². The Bertz CT molecular complexity index is 1010. The van der Waals surface area contributed by atoms with Gasteiger partial charge in [0.1, 0.15) is 11.6 Å². The Balaban J connectivity index is 2.18. The molecule has 2 aromatic rings. The third-order valence-corrected chi connectivity index (χ3v) is 3.48. The van der Waals surface area contributed by atoms with Gasteiger partial charge in [0, 0.05) is 11.8 Å². The molecule has 0 aliphatic carbocycles. The van der Waals surface area contributed by atoms with Gasteiger partial charge >= 0.3 is 6.18 Å². The lowest BCUT2D eigenvalue weighted by Gasteiger charge is -2.09. The second kappa shape index (κ2) is 8.64. The van der Waals surface area contributed by atoms with Gasteiger partial charge < -0.3 is 5.32 Å². The molecule has 0 radical (unpaired) electrons. The standard InChI is InChI=1S/C19H12F3N3O3/c20-19(21,22)15-8-4-9-16(11-15)24-18(26)14(12-23)7-3-6-13-5-1-2-10-17(13)25(27)28/h1-11H,(H,24,26). The van der Waals surface area contributed by atoms with Crippen LogP contribution in [0.25, 0.3) is 6.08 Å². The van der Waals surface area contributed by atoms with E-state index in [1.165, 1.54) is 36.4 Å². The number of nitrogens with one attached hydrogen (secondary N) is 1. The van der Waals surface area contributed by atoms with Crippen LogP contribution in [0.1, 0.15) is 11.1 Å². The molecule has 1 N–H and O–H groups in total. The number of para-hydroxylation sites is 1. The molecule has 0 fully saturated rings. The average molecular weight is 387 g/mol. The van der Waals surface area contributed by atoms with Gasteiger partial charge in [-0.2, -0.15) is 18.4 Å². The van der Waals surface area contributed by atoms with Crippen molar-refractivity contribution in [2.75, 3.05) is 5.32 Å². The quantitative estimate of drug-likeness (QED) is 0.264. The SMILES string of the molecule is N#CC(=CC=Cc1ccccc1[N+](=O)[O-])C(=O)Nc1cccc(C(F)(F)F)c1. The number of benzene rings is 2. The monoisotopic (exact) mass is 387 g/mol. The molecule has 0 bridgehead atoms. The molecule has 2 rings (SSSR count). The minimum Gasteiger partial charge on any atom is -0.321 e. The van der Waals surface area contributed by atoms with Crippen LogP contribution in [0.5, 0.6) is 0 Å². The molecule has 28 heavy (non-hydrogen) atoms. The number of rotatable bonds is 5. The Morgan fingerprint density at radius 3 is 2.54 bits per heavy atom. The zero-order chi connectivity index (χ0) is 20.7. The van der Waals surface area contributed by atoms with Gasteiger partial charge in [0.05, 0.1) is 16.1 Å². The van der Waals surface area contributed by atoms with Crippen LogP contribution < -0.4 is 5.32 Å². The Morgan fingerprint density at radius 1 is 1.18 bits per heavy atom. The second-order valence-electron chi connectivity index (χ2n) is 5.40. The highest BCUT2D eigenvalue weighted by Gasteiger charge is 2.30. The lowest BCUT2D eigenvalue weighted by atomic mass is 10.1. The predicted octanol–water partition coefficient (Wildman–Crippen LogP) is 4.72. The fraction of sp³-hybridized carbons (Fsp3) is 0.0526. The van der Waals surface area contributed by atoms with Crippen molar-refractivity contribution < 1.29 is 22.9 Å². The van der Waals surface area contributed by atoms with E-state index in [2.05, 4.69) is 5.32 Å². The summed E-state index contributed by atoms with van der Waals surface area (Å²) in [7, 11) is 0. The molecule has 1 amide bonds. The predicted molar refractivity (Wildman–Crippen MR) is 95.9 cm³/mol. The van der Waals surface area contributed by atoms with Crippen LogP contribution in [0.4, 0.5) is 24.5 Å². The van der Waals surface area contributed by atoms with Gasteiger partial charge in [-0.15, -0.1) is 0 Å². The van der Waals surface area contributed by atoms with Crippen molar-refractivity contribution in [2.24, 2.45) is 0 Å². The molecule has 0 heterocycles. The lowest BCUT2D eigenvalue weighted by molar-refractivity contribution is -0.385. The molecule has 2 aromatic carbocycles.